The number of hydrogen-bond acceptors (Lipinski definition) is 2. The van der Waals surface area contributed by atoms with Gasteiger partial charge in [0.2, 0.25) is 0 Å². The summed E-state index contributed by atoms with van der Waals surface area (Å²) < 4.78 is 0. The monoisotopic (exact) mass is 227 g/mol. The maximum atomic E-state index is 11.1. The van der Waals surface area contributed by atoms with Crippen molar-refractivity contribution in [3.63, 3.8) is 0 Å². The van der Waals surface area contributed by atoms with Crippen LogP contribution in [0.25, 0.3) is 16.8 Å². The summed E-state index contributed by atoms with van der Waals surface area (Å²) >= 11 is 0. The van der Waals surface area contributed by atoms with E-state index < -0.39 is 5.97 Å². The third-order valence-corrected chi connectivity index (χ3v) is 2.71. The van der Waals surface area contributed by atoms with Crippen molar-refractivity contribution in [2.45, 2.75) is 6.92 Å². The minimum absolute atomic E-state index is 0.00287. The van der Waals surface area contributed by atoms with Gasteiger partial charge in [-0.05, 0) is 23.9 Å². The molecule has 0 spiro atoms. The molecule has 0 heterocycles. The van der Waals surface area contributed by atoms with Gasteiger partial charge in [0.1, 0.15) is 5.75 Å². The number of aromatic hydroxyl groups is 1. The summed E-state index contributed by atoms with van der Waals surface area (Å²) in [6.07, 6.45) is 1.25. The second-order valence-electron chi connectivity index (χ2n) is 3.88. The lowest BCUT2D eigenvalue weighted by molar-refractivity contribution is 0.0696. The summed E-state index contributed by atoms with van der Waals surface area (Å²) in [5.74, 6) is -1.16. The van der Waals surface area contributed by atoms with E-state index in [1.54, 1.807) is 12.1 Å². The lowest BCUT2D eigenvalue weighted by Crippen LogP contribution is -2.00. The van der Waals surface area contributed by atoms with Gasteiger partial charge in [-0.2, -0.15) is 0 Å². The average molecular weight is 227 g/mol. The fourth-order valence-electron chi connectivity index (χ4n) is 1.90. The molecule has 2 rings (SSSR count). The maximum absolute atomic E-state index is 11.1. The van der Waals surface area contributed by atoms with E-state index in [0.717, 1.165) is 5.56 Å². The van der Waals surface area contributed by atoms with Gasteiger partial charge in [-0.15, -0.1) is 0 Å². The van der Waals surface area contributed by atoms with Gasteiger partial charge < -0.3 is 10.2 Å². The van der Waals surface area contributed by atoms with Crippen LogP contribution in [0.15, 0.2) is 24.3 Å². The number of benzene rings is 2. The second kappa shape index (κ2) is 3.94. The first-order valence-electron chi connectivity index (χ1n) is 5.09. The summed E-state index contributed by atoms with van der Waals surface area (Å²) in [6, 6.07) is 6.63. The molecule has 2 aromatic carbocycles. The molecule has 0 amide bonds. The molecule has 2 N–H and O–H groups in total. The molecule has 3 nitrogen and oxygen atoms in total. The fourth-order valence-corrected chi connectivity index (χ4v) is 1.90. The molecule has 0 aromatic heterocycles. The molecular weight excluding hydrogens is 216 g/mol. The van der Waals surface area contributed by atoms with E-state index in [-0.39, 0.29) is 11.3 Å². The standard InChI is InChI=1S/C14H11O3/c1-3-9-11-6-8(2)4-5-10(11)13(15)7-12(9)14(16)17/h1,3-7,15H,2H3,(H,16,17). The molecule has 2 aromatic rings. The van der Waals surface area contributed by atoms with Gasteiger partial charge >= 0.3 is 5.97 Å². The van der Waals surface area contributed by atoms with Crippen molar-refractivity contribution in [1.29, 1.82) is 0 Å². The Morgan fingerprint density at radius 2 is 2.00 bits per heavy atom. The van der Waals surface area contributed by atoms with E-state index in [0.29, 0.717) is 16.3 Å². The largest absolute Gasteiger partial charge is 0.507 e. The van der Waals surface area contributed by atoms with Crippen LogP contribution >= 0.6 is 0 Å². The first kappa shape index (κ1) is 11.2. The maximum Gasteiger partial charge on any atom is 0.336 e. The van der Waals surface area contributed by atoms with Crippen molar-refractivity contribution in [1.82, 2.24) is 0 Å². The van der Waals surface area contributed by atoms with Gasteiger partial charge in [-0.1, -0.05) is 36.4 Å². The quantitative estimate of drug-likeness (QED) is 0.829. The number of carbonyl (C=O) groups is 1. The van der Waals surface area contributed by atoms with E-state index in [1.165, 1.54) is 12.1 Å². The Bertz CT molecular complexity index is 627. The number of hydrogen-bond donors (Lipinski definition) is 2. The first-order chi connectivity index (χ1) is 8.04. The van der Waals surface area contributed by atoms with Crippen molar-refractivity contribution >= 4 is 22.8 Å². The number of rotatable bonds is 2. The van der Waals surface area contributed by atoms with Gasteiger partial charge in [-0.25, -0.2) is 4.79 Å². The fraction of sp³-hybridized carbons (Fsp3) is 0.0714. The van der Waals surface area contributed by atoms with Crippen LogP contribution in [0.4, 0.5) is 0 Å². The van der Waals surface area contributed by atoms with Crippen LogP contribution in [0.2, 0.25) is 0 Å². The normalized spacial score (nSPS) is 10.4. The highest BCUT2D eigenvalue weighted by atomic mass is 16.4. The van der Waals surface area contributed by atoms with Crippen LogP contribution in [0.1, 0.15) is 21.5 Å². The van der Waals surface area contributed by atoms with Gasteiger partial charge in [-0.3, -0.25) is 0 Å². The first-order valence-corrected chi connectivity index (χ1v) is 5.09. The Balaban J connectivity index is 2.97. The molecule has 0 aliphatic carbocycles. The topological polar surface area (TPSA) is 57.5 Å². The Labute approximate surface area is 98.6 Å². The highest BCUT2D eigenvalue weighted by molar-refractivity contribution is 6.04. The lowest BCUT2D eigenvalue weighted by atomic mass is 9.96. The SMILES string of the molecule is [CH]=Cc1c(C(=O)O)cc(O)c2ccc(C)cc12. The third-order valence-electron chi connectivity index (χ3n) is 2.71. The summed E-state index contributed by atoms with van der Waals surface area (Å²) in [7, 11) is 0. The third kappa shape index (κ3) is 1.76. The molecule has 0 unspecified atom stereocenters. The molecule has 0 bridgehead atoms. The number of carboxylic acids is 1. The smallest absolute Gasteiger partial charge is 0.336 e. The minimum atomic E-state index is -1.11. The van der Waals surface area contributed by atoms with E-state index in [4.69, 9.17) is 11.7 Å². The molecule has 0 fully saturated rings. The van der Waals surface area contributed by atoms with E-state index >= 15 is 0 Å². The predicted octanol–water partition coefficient (Wildman–Crippen LogP) is 3.00. The number of aryl methyl sites for hydroxylation is 1. The molecule has 85 valence electrons. The van der Waals surface area contributed by atoms with Gasteiger partial charge in [0.15, 0.2) is 0 Å². The number of phenolic OH excluding ortho intramolecular Hbond substituents is 1. The Morgan fingerprint density at radius 3 is 2.59 bits per heavy atom. The van der Waals surface area contributed by atoms with Crippen molar-refractivity contribution in [3.05, 3.63) is 47.5 Å². The minimum Gasteiger partial charge on any atom is -0.507 e. The summed E-state index contributed by atoms with van der Waals surface area (Å²) in [6.45, 7) is 7.38. The zero-order valence-electron chi connectivity index (χ0n) is 9.27. The van der Waals surface area contributed by atoms with Crippen LogP contribution < -0.4 is 0 Å². The van der Waals surface area contributed by atoms with Crippen molar-refractivity contribution in [3.8, 4) is 5.75 Å². The van der Waals surface area contributed by atoms with Gasteiger partial charge in [0.25, 0.3) is 0 Å². The summed E-state index contributed by atoms with van der Waals surface area (Å²) in [4.78, 5) is 11.1. The van der Waals surface area contributed by atoms with E-state index in [1.807, 2.05) is 13.0 Å². The molecule has 0 aliphatic heterocycles. The van der Waals surface area contributed by atoms with E-state index in [9.17, 15) is 9.90 Å². The summed E-state index contributed by atoms with van der Waals surface area (Å²) in [5.41, 5.74) is 1.40. The average Bonchev–Trinajstić information content (AvgIpc) is 2.28. The number of carboxylic acid groups (broad SMARTS) is 1. The molecule has 0 aliphatic rings. The number of fused-ring (bicyclic) bond motifs is 1. The second-order valence-corrected chi connectivity index (χ2v) is 3.88. The predicted molar refractivity (Wildman–Crippen MR) is 66.1 cm³/mol. The van der Waals surface area contributed by atoms with Crippen molar-refractivity contribution in [2.75, 3.05) is 0 Å². The number of phenols is 1. The zero-order chi connectivity index (χ0) is 12.6. The lowest BCUT2D eigenvalue weighted by Gasteiger charge is -2.09. The van der Waals surface area contributed by atoms with Crippen LogP contribution in [0.3, 0.4) is 0 Å². The zero-order valence-corrected chi connectivity index (χ0v) is 9.27. The van der Waals surface area contributed by atoms with Gasteiger partial charge in [0.05, 0.1) is 5.56 Å². The van der Waals surface area contributed by atoms with Crippen LogP contribution in [-0.4, -0.2) is 16.2 Å². The van der Waals surface area contributed by atoms with E-state index in [2.05, 4.69) is 0 Å². The molecule has 17 heavy (non-hydrogen) atoms. The highest BCUT2D eigenvalue weighted by Gasteiger charge is 2.14. The number of aromatic carboxylic acids is 1. The Hall–Kier alpha value is -2.29. The molecular formula is C14H11O3. The summed E-state index contributed by atoms with van der Waals surface area (Å²) in [5, 5.41) is 20.1. The molecule has 3 heteroatoms. The van der Waals surface area contributed by atoms with Gasteiger partial charge in [0, 0.05) is 5.39 Å². The van der Waals surface area contributed by atoms with Crippen LogP contribution in [0, 0.1) is 13.5 Å². The Kier molecular flexibility index (Phi) is 2.60. The molecule has 0 atom stereocenters. The van der Waals surface area contributed by atoms with Crippen molar-refractivity contribution in [2.24, 2.45) is 0 Å². The molecule has 1 radical (unpaired) electrons. The molecule has 0 saturated carbocycles. The molecule has 0 saturated heterocycles. The van der Waals surface area contributed by atoms with Crippen LogP contribution in [0.5, 0.6) is 5.75 Å². The highest BCUT2D eigenvalue weighted by Crippen LogP contribution is 2.32. The Morgan fingerprint density at radius 1 is 1.29 bits per heavy atom. The van der Waals surface area contributed by atoms with Crippen molar-refractivity contribution < 1.29 is 15.0 Å². The van der Waals surface area contributed by atoms with Crippen LogP contribution in [-0.2, 0) is 0 Å².